The Labute approximate surface area is 122 Å². The molecule has 2 nitrogen and oxygen atoms in total. The topological polar surface area (TPSA) is 17.0 Å². The molecule has 0 aliphatic heterocycles. The lowest BCUT2D eigenvalue weighted by molar-refractivity contribution is 0.620. The highest BCUT2D eigenvalue weighted by molar-refractivity contribution is 6.36. The molecule has 0 aliphatic rings. The minimum atomic E-state index is -0.462. The van der Waals surface area contributed by atoms with E-state index in [9.17, 15) is 4.39 Å². The van der Waals surface area contributed by atoms with Crippen LogP contribution in [0.1, 0.15) is 29.9 Å². The van der Waals surface area contributed by atoms with E-state index in [2.05, 4.69) is 5.43 Å². The van der Waals surface area contributed by atoms with Crippen molar-refractivity contribution in [2.45, 2.75) is 26.8 Å². The van der Waals surface area contributed by atoms with E-state index in [-0.39, 0.29) is 11.1 Å². The Morgan fingerprint density at radius 1 is 1.11 bits per heavy atom. The monoisotopic (exact) mass is 300 g/mol. The minimum Gasteiger partial charge on any atom is -0.319 e. The van der Waals surface area contributed by atoms with E-state index in [1.54, 1.807) is 0 Å². The maximum Gasteiger partial charge on any atom is 0.142 e. The summed E-state index contributed by atoms with van der Waals surface area (Å²) >= 11 is 12.1. The quantitative estimate of drug-likeness (QED) is 0.801. The fraction of sp³-hybridized carbons (Fsp3) is 0.286. The van der Waals surface area contributed by atoms with Crippen molar-refractivity contribution in [2.24, 2.45) is 0 Å². The molecule has 0 aliphatic carbocycles. The standard InChI is InChI=1S/C14H15Cl2FN2/c1-8-4-5-9(2)19(8)18-10(3)13-11(15)6-7-12(17)14(13)16/h4-7,10,18H,1-3H3. The van der Waals surface area contributed by atoms with E-state index in [0.29, 0.717) is 10.6 Å². The van der Waals surface area contributed by atoms with Crippen LogP contribution in [0.5, 0.6) is 0 Å². The molecular weight excluding hydrogens is 286 g/mol. The largest absolute Gasteiger partial charge is 0.319 e. The van der Waals surface area contributed by atoms with Crippen LogP contribution in [0, 0.1) is 19.7 Å². The van der Waals surface area contributed by atoms with Gasteiger partial charge in [0.05, 0.1) is 11.1 Å². The smallest absolute Gasteiger partial charge is 0.142 e. The van der Waals surface area contributed by atoms with E-state index in [4.69, 9.17) is 23.2 Å². The second kappa shape index (κ2) is 5.43. The molecule has 1 aromatic carbocycles. The number of halogens is 3. The van der Waals surface area contributed by atoms with Crippen LogP contribution in [-0.4, -0.2) is 4.68 Å². The number of rotatable bonds is 3. The van der Waals surface area contributed by atoms with Crippen molar-refractivity contribution in [3.05, 3.63) is 57.1 Å². The number of nitrogens with zero attached hydrogens (tertiary/aromatic N) is 1. The van der Waals surface area contributed by atoms with Crippen LogP contribution in [0.4, 0.5) is 4.39 Å². The molecule has 2 aromatic rings. The van der Waals surface area contributed by atoms with Gasteiger partial charge in [0.15, 0.2) is 0 Å². The van der Waals surface area contributed by atoms with Crippen LogP contribution in [0.25, 0.3) is 0 Å². The second-order valence-electron chi connectivity index (χ2n) is 4.56. The molecule has 1 atom stereocenters. The highest BCUT2D eigenvalue weighted by Gasteiger charge is 2.17. The normalized spacial score (nSPS) is 12.5. The van der Waals surface area contributed by atoms with Gasteiger partial charge in [0, 0.05) is 22.0 Å². The predicted octanol–water partition coefficient (Wildman–Crippen LogP) is 4.86. The van der Waals surface area contributed by atoms with Gasteiger partial charge in [-0.2, -0.15) is 0 Å². The number of hydrogen-bond donors (Lipinski definition) is 1. The molecule has 19 heavy (non-hydrogen) atoms. The summed E-state index contributed by atoms with van der Waals surface area (Å²) in [5.41, 5.74) is 5.96. The first-order chi connectivity index (χ1) is 8.91. The summed E-state index contributed by atoms with van der Waals surface area (Å²) in [4.78, 5) is 0. The molecule has 0 spiro atoms. The first-order valence-electron chi connectivity index (χ1n) is 5.96. The predicted molar refractivity (Wildman–Crippen MR) is 78.1 cm³/mol. The number of aryl methyl sites for hydroxylation is 2. The molecule has 0 radical (unpaired) electrons. The van der Waals surface area contributed by atoms with Crippen molar-refractivity contribution >= 4 is 23.2 Å². The summed E-state index contributed by atoms with van der Waals surface area (Å²) in [5.74, 6) is -0.462. The summed E-state index contributed by atoms with van der Waals surface area (Å²) in [6.45, 7) is 5.87. The summed E-state index contributed by atoms with van der Waals surface area (Å²) in [5, 5.41) is 0.517. The summed E-state index contributed by atoms with van der Waals surface area (Å²) in [7, 11) is 0. The fourth-order valence-corrected chi connectivity index (χ4v) is 2.77. The maximum atomic E-state index is 13.5. The SMILES string of the molecule is Cc1ccc(C)n1NC(C)c1c(Cl)ccc(F)c1Cl. The van der Waals surface area contributed by atoms with Crippen molar-refractivity contribution in [3.63, 3.8) is 0 Å². The van der Waals surface area contributed by atoms with Crippen LogP contribution < -0.4 is 5.43 Å². The second-order valence-corrected chi connectivity index (χ2v) is 5.34. The van der Waals surface area contributed by atoms with Gasteiger partial charge < -0.3 is 5.43 Å². The Morgan fingerprint density at radius 3 is 2.26 bits per heavy atom. The Balaban J connectivity index is 2.36. The molecule has 2 rings (SSSR count). The third-order valence-electron chi connectivity index (χ3n) is 3.11. The number of hydrogen-bond acceptors (Lipinski definition) is 1. The minimum absolute atomic E-state index is 0.0648. The van der Waals surface area contributed by atoms with Gasteiger partial charge in [0.1, 0.15) is 5.82 Å². The van der Waals surface area contributed by atoms with Gasteiger partial charge in [-0.3, -0.25) is 4.68 Å². The van der Waals surface area contributed by atoms with Gasteiger partial charge in [-0.25, -0.2) is 4.39 Å². The molecule has 0 bridgehead atoms. The molecule has 1 aromatic heterocycles. The van der Waals surface area contributed by atoms with Crippen LogP contribution in [-0.2, 0) is 0 Å². The van der Waals surface area contributed by atoms with Crippen LogP contribution >= 0.6 is 23.2 Å². The molecule has 0 amide bonds. The van der Waals surface area contributed by atoms with E-state index >= 15 is 0 Å². The number of benzene rings is 1. The Kier molecular flexibility index (Phi) is 4.07. The highest BCUT2D eigenvalue weighted by Crippen LogP contribution is 2.32. The van der Waals surface area contributed by atoms with Crippen LogP contribution in [0.3, 0.4) is 0 Å². The van der Waals surface area contributed by atoms with Crippen molar-refractivity contribution in [1.29, 1.82) is 0 Å². The lowest BCUT2D eigenvalue weighted by atomic mass is 10.1. The van der Waals surface area contributed by atoms with Crippen LogP contribution in [0.2, 0.25) is 10.0 Å². The van der Waals surface area contributed by atoms with Gasteiger partial charge in [-0.1, -0.05) is 23.2 Å². The zero-order chi connectivity index (χ0) is 14.2. The molecule has 1 unspecified atom stereocenters. The Bertz CT molecular complexity index is 588. The summed E-state index contributed by atoms with van der Waals surface area (Å²) in [6, 6.07) is 6.59. The van der Waals surface area contributed by atoms with E-state index < -0.39 is 5.82 Å². The highest BCUT2D eigenvalue weighted by atomic mass is 35.5. The first-order valence-corrected chi connectivity index (χ1v) is 6.72. The van der Waals surface area contributed by atoms with E-state index in [1.807, 2.05) is 37.6 Å². The van der Waals surface area contributed by atoms with Gasteiger partial charge in [-0.15, -0.1) is 0 Å². The molecule has 1 N–H and O–H groups in total. The van der Waals surface area contributed by atoms with Gasteiger partial charge in [0.2, 0.25) is 0 Å². The molecule has 5 heteroatoms. The van der Waals surface area contributed by atoms with Gasteiger partial charge >= 0.3 is 0 Å². The number of nitrogens with one attached hydrogen (secondary N) is 1. The average molecular weight is 301 g/mol. The number of aromatic nitrogens is 1. The molecule has 0 saturated carbocycles. The van der Waals surface area contributed by atoms with Gasteiger partial charge in [-0.05, 0) is 45.0 Å². The van der Waals surface area contributed by atoms with Crippen LogP contribution in [0.15, 0.2) is 24.3 Å². The van der Waals surface area contributed by atoms with Gasteiger partial charge in [0.25, 0.3) is 0 Å². The van der Waals surface area contributed by atoms with Crippen molar-refractivity contribution in [1.82, 2.24) is 4.68 Å². The Hall–Kier alpha value is -1.19. The third-order valence-corrected chi connectivity index (χ3v) is 3.82. The maximum absolute atomic E-state index is 13.5. The molecule has 102 valence electrons. The van der Waals surface area contributed by atoms with Crippen molar-refractivity contribution in [2.75, 3.05) is 5.43 Å². The zero-order valence-electron chi connectivity index (χ0n) is 11.0. The molecular formula is C14H15Cl2FN2. The third kappa shape index (κ3) is 2.72. The van der Waals surface area contributed by atoms with Crippen molar-refractivity contribution in [3.8, 4) is 0 Å². The molecule has 0 saturated heterocycles. The van der Waals surface area contributed by atoms with E-state index in [1.165, 1.54) is 12.1 Å². The zero-order valence-corrected chi connectivity index (χ0v) is 12.5. The van der Waals surface area contributed by atoms with E-state index in [0.717, 1.165) is 11.4 Å². The van der Waals surface area contributed by atoms with Crippen molar-refractivity contribution < 1.29 is 4.39 Å². The fourth-order valence-electron chi connectivity index (χ4n) is 2.07. The average Bonchev–Trinajstić information content (AvgIpc) is 2.66. The lowest BCUT2D eigenvalue weighted by Gasteiger charge is -2.21. The summed E-state index contributed by atoms with van der Waals surface area (Å²) in [6.07, 6.45) is 0. The lowest BCUT2D eigenvalue weighted by Crippen LogP contribution is -2.21. The first kappa shape index (κ1) is 14.2. The Morgan fingerprint density at radius 2 is 1.68 bits per heavy atom. The molecule has 0 fully saturated rings. The molecule has 1 heterocycles. The summed E-state index contributed by atoms with van der Waals surface area (Å²) < 4.78 is 15.5.